The number of esters is 1. The molecule has 25 heteroatoms. The Bertz CT molecular complexity index is 2960. The number of amides is 10. The summed E-state index contributed by atoms with van der Waals surface area (Å²) in [5.74, 6) is -8.11. The van der Waals surface area contributed by atoms with E-state index in [1.807, 2.05) is 0 Å². The molecule has 25 nitrogen and oxygen atoms in total. The highest BCUT2D eigenvalue weighted by molar-refractivity contribution is 5.98. The van der Waals surface area contributed by atoms with E-state index in [0.29, 0.717) is 27.6 Å². The number of nitrogens with two attached hydrogens (primary N) is 1. The Morgan fingerprint density at radius 1 is 0.643 bits per heavy atom. The van der Waals surface area contributed by atoms with Gasteiger partial charge in [-0.25, -0.2) is 4.79 Å². The minimum absolute atomic E-state index is 0.0155. The van der Waals surface area contributed by atoms with Crippen molar-refractivity contribution >= 4 is 76.1 Å². The van der Waals surface area contributed by atoms with Crippen molar-refractivity contribution in [3.63, 3.8) is 0 Å². The average molecular weight is 1170 g/mol. The van der Waals surface area contributed by atoms with Crippen LogP contribution in [0.4, 0.5) is 4.79 Å². The van der Waals surface area contributed by atoms with E-state index >= 15 is 0 Å². The third kappa shape index (κ3) is 23.1. The van der Waals surface area contributed by atoms with Gasteiger partial charge in [0.25, 0.3) is 0 Å². The summed E-state index contributed by atoms with van der Waals surface area (Å²) in [5.41, 5.74) is 6.23. The van der Waals surface area contributed by atoms with E-state index in [1.54, 1.807) is 114 Å². The minimum Gasteiger partial charge on any atom is -0.508 e. The Balaban J connectivity index is 1.45. The number of fused-ring (bicyclic) bond motifs is 1. The van der Waals surface area contributed by atoms with Gasteiger partial charge in [0.2, 0.25) is 53.2 Å². The number of para-hydroxylation sites is 1. The van der Waals surface area contributed by atoms with Crippen molar-refractivity contribution in [3.05, 3.63) is 102 Å². The fourth-order valence-electron chi connectivity index (χ4n) is 8.89. The molecule has 0 aliphatic carbocycles. The number of primary amides is 1. The van der Waals surface area contributed by atoms with Gasteiger partial charge in [0.1, 0.15) is 53.2 Å². The second-order valence-electron chi connectivity index (χ2n) is 22.4. The number of aromatic hydroxyl groups is 1. The molecule has 2 heterocycles. The van der Waals surface area contributed by atoms with Crippen molar-refractivity contribution in [2.24, 2.45) is 5.73 Å². The van der Waals surface area contributed by atoms with Crippen LogP contribution in [-0.4, -0.2) is 142 Å². The molecule has 10 amide bonds. The lowest BCUT2D eigenvalue weighted by Gasteiger charge is -2.27. The number of rotatable bonds is 16. The third-order valence-corrected chi connectivity index (χ3v) is 13.0. The standard InChI is InChI=1S/C59H79N11O14/c1-58(2,3)83-50(75)32-46(56(81)68-43(51(60)76)29-35-15-8-7-9-16-35)69-53(78)42-19-12-13-27-61-47(72)25-26-48(73)62-28-14-20-41(66-54(79)44(70-57(82)84-59(4,5)6)30-36-21-23-38(71)24-22-36)52(77)64-34-49(74)65-45(55(80)67-42)31-37-33-63-40-18-11-10-17-39(37)40/h7-11,15-18,21-24,33,41-46,63,71H,12-14,19-20,25-32,34H2,1-6H3,(H2,60,76)(H,61,72)(H,62,73)(H,64,77)(H,65,74)(H,66,79)(H,67,80)(H,68,81)(H,69,78)(H,70,82)/t41-,42-,43-,44-,45-,46-/m0/s1. The van der Waals surface area contributed by atoms with Gasteiger partial charge in [0, 0.05) is 62.3 Å². The van der Waals surface area contributed by atoms with Crippen LogP contribution in [0, 0.1) is 0 Å². The molecule has 0 spiro atoms. The molecule has 1 aliphatic heterocycles. The molecule has 0 radical (unpaired) electrons. The van der Waals surface area contributed by atoms with E-state index in [-0.39, 0.29) is 83.0 Å². The monoisotopic (exact) mass is 1170 g/mol. The fourth-order valence-corrected chi connectivity index (χ4v) is 8.89. The zero-order valence-electron chi connectivity index (χ0n) is 48.3. The number of H-pyrrole nitrogens is 1. The Hall–Kier alpha value is -9.03. The topological polar surface area (TPSA) is 377 Å². The van der Waals surface area contributed by atoms with Crippen molar-refractivity contribution in [1.82, 2.24) is 52.8 Å². The predicted octanol–water partition coefficient (Wildman–Crippen LogP) is 1.53. The maximum atomic E-state index is 14.7. The van der Waals surface area contributed by atoms with Gasteiger partial charge in [-0.2, -0.15) is 0 Å². The number of aromatic nitrogens is 1. The van der Waals surface area contributed by atoms with Crippen LogP contribution in [0.2, 0.25) is 0 Å². The maximum absolute atomic E-state index is 14.7. The van der Waals surface area contributed by atoms with Crippen molar-refractivity contribution in [3.8, 4) is 5.75 Å². The zero-order chi connectivity index (χ0) is 61.6. The van der Waals surface area contributed by atoms with Crippen molar-refractivity contribution in [2.75, 3.05) is 19.6 Å². The molecule has 4 aromatic rings. The molecule has 5 rings (SSSR count). The van der Waals surface area contributed by atoms with E-state index in [0.717, 1.165) is 0 Å². The first kappa shape index (κ1) is 65.8. The van der Waals surface area contributed by atoms with Crippen LogP contribution in [-0.2, 0) is 76.7 Å². The number of benzene rings is 3. The number of aromatic amines is 1. The van der Waals surface area contributed by atoms with Crippen molar-refractivity contribution in [2.45, 2.75) is 160 Å². The highest BCUT2D eigenvalue weighted by Crippen LogP contribution is 2.20. The number of hydrogen-bond acceptors (Lipinski definition) is 14. The van der Waals surface area contributed by atoms with Crippen LogP contribution in [0.5, 0.6) is 5.75 Å². The fraction of sp³-hybridized carbons (Fsp3) is 0.475. The normalized spacial score (nSPS) is 18.5. The van der Waals surface area contributed by atoms with Crippen molar-refractivity contribution < 1.29 is 67.3 Å². The molecule has 84 heavy (non-hydrogen) atoms. The van der Waals surface area contributed by atoms with Gasteiger partial charge in [0.15, 0.2) is 0 Å². The number of ether oxygens (including phenoxy) is 2. The van der Waals surface area contributed by atoms with E-state index < -0.39 is 126 Å². The quantitative estimate of drug-likeness (QED) is 0.0709. The van der Waals surface area contributed by atoms with Crippen LogP contribution < -0.4 is 53.6 Å². The van der Waals surface area contributed by atoms with Gasteiger partial charge in [-0.1, -0.05) is 60.7 Å². The highest BCUT2D eigenvalue weighted by Gasteiger charge is 2.35. The smallest absolute Gasteiger partial charge is 0.408 e. The van der Waals surface area contributed by atoms with Crippen molar-refractivity contribution in [1.29, 1.82) is 0 Å². The molecule has 454 valence electrons. The summed E-state index contributed by atoms with van der Waals surface area (Å²) in [6, 6.07) is 13.1. The Labute approximate surface area is 487 Å². The van der Waals surface area contributed by atoms with Gasteiger partial charge in [-0.05, 0) is 109 Å². The number of hydrogen-bond donors (Lipinski definition) is 12. The average Bonchev–Trinajstić information content (AvgIpc) is 3.77. The lowest BCUT2D eigenvalue weighted by molar-refractivity contribution is -0.156. The Kier molecular flexibility index (Phi) is 24.6. The summed E-state index contributed by atoms with van der Waals surface area (Å²) < 4.78 is 10.9. The summed E-state index contributed by atoms with van der Waals surface area (Å²) in [6.45, 7) is 9.08. The molecule has 1 aromatic heterocycles. The highest BCUT2D eigenvalue weighted by atomic mass is 16.6. The van der Waals surface area contributed by atoms with E-state index in [1.165, 1.54) is 12.1 Å². The molecular weight excluding hydrogens is 1090 g/mol. The predicted molar refractivity (Wildman–Crippen MR) is 308 cm³/mol. The minimum atomic E-state index is -1.68. The molecular formula is C59H79N11O14. The summed E-state index contributed by atoms with van der Waals surface area (Å²) in [6.07, 6.45) is -0.351. The molecule has 3 aromatic carbocycles. The number of phenols is 1. The van der Waals surface area contributed by atoms with Gasteiger partial charge in [-0.3, -0.25) is 47.9 Å². The first-order valence-electron chi connectivity index (χ1n) is 27.9. The molecule has 0 bridgehead atoms. The number of alkyl carbamates (subject to hydrolysis) is 1. The SMILES string of the molecule is CC(C)(C)OC(=O)C[C@H](NC(=O)[C@@H]1CCCCNC(=O)CCC(=O)NCCC[C@H](NC(=O)[C@H](Cc2ccc(O)cc2)NC(=O)OC(C)(C)C)C(=O)NCC(=O)N[C@@H](Cc2c[nH]c3ccccc23)C(=O)N1)C(=O)N[C@@H](Cc1ccccc1)C(N)=O. The number of carbonyl (C=O) groups is 11. The molecule has 1 saturated heterocycles. The Morgan fingerprint density at radius 3 is 1.92 bits per heavy atom. The second kappa shape index (κ2) is 31.4. The first-order valence-corrected chi connectivity index (χ1v) is 27.9. The van der Waals surface area contributed by atoms with Crippen LogP contribution in [0.1, 0.15) is 110 Å². The Morgan fingerprint density at radius 2 is 1.26 bits per heavy atom. The summed E-state index contributed by atoms with van der Waals surface area (Å²) in [7, 11) is 0. The van der Waals surface area contributed by atoms with Gasteiger partial charge < -0.3 is 73.1 Å². The van der Waals surface area contributed by atoms with E-state index in [4.69, 9.17) is 15.2 Å². The summed E-state index contributed by atoms with van der Waals surface area (Å²) in [4.78, 5) is 154. The molecule has 0 unspecified atom stereocenters. The molecule has 0 saturated carbocycles. The second-order valence-corrected chi connectivity index (χ2v) is 22.4. The maximum Gasteiger partial charge on any atom is 0.408 e. The molecule has 13 N–H and O–H groups in total. The van der Waals surface area contributed by atoms with E-state index in [2.05, 4.69) is 52.8 Å². The first-order chi connectivity index (χ1) is 39.7. The third-order valence-electron chi connectivity index (χ3n) is 13.0. The zero-order valence-corrected chi connectivity index (χ0v) is 48.3. The number of phenolic OH excluding ortho intramolecular Hbond substituents is 1. The van der Waals surface area contributed by atoms with E-state index in [9.17, 15) is 57.8 Å². The largest absolute Gasteiger partial charge is 0.508 e. The molecule has 1 aliphatic rings. The summed E-state index contributed by atoms with van der Waals surface area (Å²) in [5, 5.41) is 34.2. The number of nitrogens with one attached hydrogen (secondary N) is 10. The lowest BCUT2D eigenvalue weighted by Crippen LogP contribution is -2.59. The number of carbonyl (C=O) groups excluding carboxylic acids is 11. The van der Waals surface area contributed by atoms with Crippen LogP contribution in [0.25, 0.3) is 10.9 Å². The van der Waals surface area contributed by atoms with Gasteiger partial charge in [0.05, 0.1) is 13.0 Å². The van der Waals surface area contributed by atoms with Crippen LogP contribution in [0.3, 0.4) is 0 Å². The molecule has 1 fully saturated rings. The lowest BCUT2D eigenvalue weighted by atomic mass is 10.0. The molecule has 6 atom stereocenters. The van der Waals surface area contributed by atoms with Crippen LogP contribution in [0.15, 0.2) is 85.1 Å². The van der Waals surface area contributed by atoms with Gasteiger partial charge >= 0.3 is 12.1 Å². The van der Waals surface area contributed by atoms with Crippen LogP contribution >= 0.6 is 0 Å². The van der Waals surface area contributed by atoms with Gasteiger partial charge in [-0.15, -0.1) is 0 Å². The summed E-state index contributed by atoms with van der Waals surface area (Å²) >= 11 is 0.